The van der Waals surface area contributed by atoms with Gasteiger partial charge in [0.25, 0.3) is 0 Å². The lowest BCUT2D eigenvalue weighted by atomic mass is 9.80. The highest BCUT2D eigenvalue weighted by molar-refractivity contribution is 5.84. The third-order valence-corrected chi connectivity index (χ3v) is 4.30. The van der Waals surface area contributed by atoms with Crippen molar-refractivity contribution in [2.24, 2.45) is 5.41 Å². The van der Waals surface area contributed by atoms with Crippen molar-refractivity contribution in [2.45, 2.75) is 38.6 Å². The summed E-state index contributed by atoms with van der Waals surface area (Å²) in [5, 5.41) is 12.0. The molecule has 7 heteroatoms. The van der Waals surface area contributed by atoms with Gasteiger partial charge in [-0.05, 0) is 32.6 Å². The summed E-state index contributed by atoms with van der Waals surface area (Å²) >= 11 is 0. The molecule has 21 heavy (non-hydrogen) atoms. The number of amides is 3. The standard InChI is InChI=1S/C14H23N3O4/c1-14(12(19)20)5-7-17(8-6-14)13(21)16(2)9-11(18)15-10-3-4-10/h10H,3-9H2,1-2H3,(H,15,18)(H,19,20). The highest BCUT2D eigenvalue weighted by Gasteiger charge is 2.38. The van der Waals surface area contributed by atoms with Gasteiger partial charge in [0.1, 0.15) is 6.54 Å². The Morgan fingerprint density at radius 1 is 1.29 bits per heavy atom. The van der Waals surface area contributed by atoms with E-state index in [2.05, 4.69) is 5.32 Å². The van der Waals surface area contributed by atoms with Gasteiger partial charge in [-0.25, -0.2) is 4.79 Å². The molecule has 118 valence electrons. The maximum absolute atomic E-state index is 12.2. The van der Waals surface area contributed by atoms with Crippen LogP contribution in [-0.4, -0.2) is 65.5 Å². The van der Waals surface area contributed by atoms with Crippen LogP contribution in [0.5, 0.6) is 0 Å². The number of hydrogen-bond acceptors (Lipinski definition) is 3. The molecule has 2 aliphatic rings. The molecule has 0 unspecified atom stereocenters. The first-order valence-corrected chi connectivity index (χ1v) is 7.34. The molecule has 0 aromatic heterocycles. The minimum Gasteiger partial charge on any atom is -0.481 e. The Bertz CT molecular complexity index is 440. The summed E-state index contributed by atoms with van der Waals surface area (Å²) in [6.45, 7) is 2.58. The minimum atomic E-state index is -0.813. The SMILES string of the molecule is CN(CC(=O)NC1CC1)C(=O)N1CCC(C)(C(=O)O)CC1. The molecular formula is C14H23N3O4. The minimum absolute atomic E-state index is 0.0437. The summed E-state index contributed by atoms with van der Waals surface area (Å²) < 4.78 is 0. The molecule has 0 bridgehead atoms. The molecule has 0 aromatic rings. The Kier molecular flexibility index (Phi) is 4.39. The number of aliphatic carboxylic acids is 1. The van der Waals surface area contributed by atoms with Gasteiger partial charge in [0, 0.05) is 26.2 Å². The Hall–Kier alpha value is -1.79. The highest BCUT2D eigenvalue weighted by atomic mass is 16.4. The van der Waals surface area contributed by atoms with E-state index >= 15 is 0 Å². The maximum atomic E-state index is 12.2. The van der Waals surface area contributed by atoms with E-state index < -0.39 is 11.4 Å². The van der Waals surface area contributed by atoms with Crippen LogP contribution in [0, 0.1) is 5.41 Å². The number of carbonyl (C=O) groups excluding carboxylic acids is 2. The average molecular weight is 297 g/mol. The van der Waals surface area contributed by atoms with Crippen LogP contribution in [0.3, 0.4) is 0 Å². The number of carboxylic acid groups (broad SMARTS) is 1. The molecule has 2 N–H and O–H groups in total. The van der Waals surface area contributed by atoms with E-state index in [1.165, 1.54) is 4.90 Å². The Morgan fingerprint density at radius 2 is 1.86 bits per heavy atom. The van der Waals surface area contributed by atoms with Crippen LogP contribution in [0.1, 0.15) is 32.6 Å². The van der Waals surface area contributed by atoms with Gasteiger partial charge in [-0.1, -0.05) is 0 Å². The second-order valence-electron chi connectivity index (χ2n) is 6.33. The fourth-order valence-electron chi connectivity index (χ4n) is 2.43. The molecule has 1 aliphatic heterocycles. The van der Waals surface area contributed by atoms with Gasteiger partial charge < -0.3 is 20.2 Å². The number of carboxylic acids is 1. The molecule has 7 nitrogen and oxygen atoms in total. The van der Waals surface area contributed by atoms with Crippen molar-refractivity contribution in [1.29, 1.82) is 0 Å². The van der Waals surface area contributed by atoms with Crippen molar-refractivity contribution in [3.8, 4) is 0 Å². The zero-order valence-corrected chi connectivity index (χ0v) is 12.6. The van der Waals surface area contributed by atoms with Gasteiger partial charge in [-0.15, -0.1) is 0 Å². The number of nitrogens with one attached hydrogen (secondary N) is 1. The predicted octanol–water partition coefficient (Wildman–Crippen LogP) is 0.504. The number of carbonyl (C=O) groups is 3. The van der Waals surface area contributed by atoms with Crippen LogP contribution in [-0.2, 0) is 9.59 Å². The fourth-order valence-corrected chi connectivity index (χ4v) is 2.43. The van der Waals surface area contributed by atoms with Crippen LogP contribution >= 0.6 is 0 Å². The van der Waals surface area contributed by atoms with Crippen LogP contribution in [0.15, 0.2) is 0 Å². The summed E-state index contributed by atoms with van der Waals surface area (Å²) in [5.41, 5.74) is -0.751. The molecule has 1 heterocycles. The van der Waals surface area contributed by atoms with E-state index in [1.54, 1.807) is 18.9 Å². The molecule has 0 aromatic carbocycles. The van der Waals surface area contributed by atoms with E-state index in [9.17, 15) is 19.5 Å². The second-order valence-corrected chi connectivity index (χ2v) is 6.33. The summed E-state index contributed by atoms with van der Waals surface area (Å²) in [5.74, 6) is -0.951. The molecule has 3 amide bonds. The van der Waals surface area contributed by atoms with E-state index in [0.29, 0.717) is 25.9 Å². The normalized spacial score (nSPS) is 20.8. The van der Waals surface area contributed by atoms with Crippen molar-refractivity contribution >= 4 is 17.9 Å². The van der Waals surface area contributed by atoms with E-state index in [1.807, 2.05) is 0 Å². The number of nitrogens with zero attached hydrogens (tertiary/aromatic N) is 2. The van der Waals surface area contributed by atoms with Crippen molar-refractivity contribution in [3.63, 3.8) is 0 Å². The highest BCUT2D eigenvalue weighted by Crippen LogP contribution is 2.31. The lowest BCUT2D eigenvalue weighted by Gasteiger charge is -2.37. The van der Waals surface area contributed by atoms with Crippen molar-refractivity contribution in [3.05, 3.63) is 0 Å². The third-order valence-electron chi connectivity index (χ3n) is 4.30. The lowest BCUT2D eigenvalue weighted by molar-refractivity contribution is -0.150. The van der Waals surface area contributed by atoms with Crippen LogP contribution < -0.4 is 5.32 Å². The summed E-state index contributed by atoms with van der Waals surface area (Å²) in [6.07, 6.45) is 2.92. The Labute approximate surface area is 124 Å². The molecule has 1 aliphatic carbocycles. The van der Waals surface area contributed by atoms with Crippen LogP contribution in [0.2, 0.25) is 0 Å². The van der Waals surface area contributed by atoms with Gasteiger partial charge in [-0.3, -0.25) is 9.59 Å². The maximum Gasteiger partial charge on any atom is 0.320 e. The number of likely N-dealkylation sites (N-methyl/N-ethyl adjacent to an activating group) is 1. The smallest absolute Gasteiger partial charge is 0.320 e. The Balaban J connectivity index is 1.80. The average Bonchev–Trinajstić information content (AvgIpc) is 3.22. The van der Waals surface area contributed by atoms with Gasteiger partial charge in [0.2, 0.25) is 5.91 Å². The summed E-state index contributed by atoms with van der Waals surface area (Å²) in [4.78, 5) is 38.1. The molecule has 2 fully saturated rings. The predicted molar refractivity (Wildman–Crippen MR) is 75.7 cm³/mol. The van der Waals surface area contributed by atoms with E-state index in [0.717, 1.165) is 12.8 Å². The molecule has 1 saturated heterocycles. The summed E-state index contributed by atoms with van der Waals surface area (Å²) in [6, 6.07) is 0.0700. The number of piperidine rings is 1. The zero-order valence-electron chi connectivity index (χ0n) is 12.6. The lowest BCUT2D eigenvalue weighted by Crippen LogP contribution is -2.50. The first kappa shape index (κ1) is 15.6. The van der Waals surface area contributed by atoms with Crippen molar-refractivity contribution in [1.82, 2.24) is 15.1 Å². The zero-order chi connectivity index (χ0) is 15.6. The molecule has 0 spiro atoms. The summed E-state index contributed by atoms with van der Waals surface area (Å²) in [7, 11) is 1.60. The van der Waals surface area contributed by atoms with Gasteiger partial charge in [-0.2, -0.15) is 0 Å². The molecule has 2 rings (SSSR count). The van der Waals surface area contributed by atoms with Crippen molar-refractivity contribution in [2.75, 3.05) is 26.7 Å². The van der Waals surface area contributed by atoms with E-state index in [4.69, 9.17) is 0 Å². The topological polar surface area (TPSA) is 90.0 Å². The number of rotatable bonds is 4. The largest absolute Gasteiger partial charge is 0.481 e. The molecule has 0 atom stereocenters. The van der Waals surface area contributed by atoms with Crippen LogP contribution in [0.25, 0.3) is 0 Å². The first-order chi connectivity index (χ1) is 9.82. The Morgan fingerprint density at radius 3 is 2.33 bits per heavy atom. The van der Waals surface area contributed by atoms with Crippen LogP contribution in [0.4, 0.5) is 4.79 Å². The van der Waals surface area contributed by atoms with Gasteiger partial charge in [0.15, 0.2) is 0 Å². The number of hydrogen-bond donors (Lipinski definition) is 2. The second kappa shape index (κ2) is 5.91. The fraction of sp³-hybridized carbons (Fsp3) is 0.786. The quantitative estimate of drug-likeness (QED) is 0.791. The number of likely N-dealkylation sites (tertiary alicyclic amines) is 1. The molecular weight excluding hydrogens is 274 g/mol. The van der Waals surface area contributed by atoms with Gasteiger partial charge >= 0.3 is 12.0 Å². The monoisotopic (exact) mass is 297 g/mol. The van der Waals surface area contributed by atoms with E-state index in [-0.39, 0.29) is 24.5 Å². The number of urea groups is 1. The van der Waals surface area contributed by atoms with Gasteiger partial charge in [0.05, 0.1) is 5.41 Å². The molecule has 0 radical (unpaired) electrons. The third kappa shape index (κ3) is 3.86. The molecule has 1 saturated carbocycles. The van der Waals surface area contributed by atoms with Crippen molar-refractivity contribution < 1.29 is 19.5 Å². The first-order valence-electron chi connectivity index (χ1n) is 7.34.